The van der Waals surface area contributed by atoms with E-state index in [0.717, 1.165) is 4.47 Å². The van der Waals surface area contributed by atoms with Crippen LogP contribution in [0.2, 0.25) is 5.02 Å². The van der Waals surface area contributed by atoms with Gasteiger partial charge in [-0.25, -0.2) is 0 Å². The van der Waals surface area contributed by atoms with E-state index in [1.165, 1.54) is 4.90 Å². The van der Waals surface area contributed by atoms with Gasteiger partial charge in [-0.3, -0.25) is 14.5 Å². The van der Waals surface area contributed by atoms with E-state index in [0.29, 0.717) is 23.6 Å². The number of halogens is 2. The van der Waals surface area contributed by atoms with Crippen LogP contribution >= 0.6 is 27.5 Å². The van der Waals surface area contributed by atoms with Gasteiger partial charge >= 0.3 is 0 Å². The third kappa shape index (κ3) is 2.92. The zero-order valence-corrected chi connectivity index (χ0v) is 14.1. The van der Waals surface area contributed by atoms with Crippen molar-refractivity contribution in [1.29, 1.82) is 0 Å². The van der Waals surface area contributed by atoms with Gasteiger partial charge in [-0.1, -0.05) is 23.8 Å². The number of hydrogen-bond donors (Lipinski definition) is 0. The maximum Gasteiger partial charge on any atom is 0.233 e. The van der Waals surface area contributed by atoms with Crippen molar-refractivity contribution in [3.05, 3.63) is 39.8 Å². The molecule has 0 bridgehead atoms. The number of likely N-dealkylation sites (tertiary alicyclic amines) is 1. The highest BCUT2D eigenvalue weighted by Crippen LogP contribution is 2.35. The molecule has 2 atom stereocenters. The fourth-order valence-electron chi connectivity index (χ4n) is 2.93. The molecule has 3 rings (SSSR count). The minimum absolute atomic E-state index is 0.0712. The number of amides is 2. The summed E-state index contributed by atoms with van der Waals surface area (Å²) in [5.74, 6) is 0.137. The maximum atomic E-state index is 12.3. The second-order valence-corrected chi connectivity index (χ2v) is 6.70. The molecule has 1 aromatic rings. The molecule has 1 aromatic carbocycles. The Morgan fingerprint density at radius 1 is 1.18 bits per heavy atom. The van der Waals surface area contributed by atoms with Gasteiger partial charge in [0, 0.05) is 5.02 Å². The Kier molecular flexibility index (Phi) is 4.54. The average Bonchev–Trinajstić information content (AvgIpc) is 2.75. The summed E-state index contributed by atoms with van der Waals surface area (Å²) in [6.45, 7) is 0.546. The quantitative estimate of drug-likeness (QED) is 0.590. The van der Waals surface area contributed by atoms with Gasteiger partial charge in [0.15, 0.2) is 0 Å². The molecule has 4 nitrogen and oxygen atoms in total. The summed E-state index contributed by atoms with van der Waals surface area (Å²) in [5, 5.41) is 0.612. The number of imide groups is 1. The van der Waals surface area contributed by atoms with Gasteiger partial charge in [0.25, 0.3) is 0 Å². The zero-order chi connectivity index (χ0) is 15.7. The molecule has 22 heavy (non-hydrogen) atoms. The highest BCUT2D eigenvalue weighted by Gasteiger charge is 2.46. The van der Waals surface area contributed by atoms with E-state index in [-0.39, 0.29) is 36.8 Å². The van der Waals surface area contributed by atoms with Crippen LogP contribution in [0.15, 0.2) is 34.8 Å². The summed E-state index contributed by atoms with van der Waals surface area (Å²) < 4.78 is 6.38. The van der Waals surface area contributed by atoms with Crippen LogP contribution in [0.3, 0.4) is 0 Å². The van der Waals surface area contributed by atoms with Crippen LogP contribution in [-0.2, 0) is 9.59 Å². The SMILES string of the molecule is O=C1[C@H]2CC=CC[C@H]2C(=O)N1CCOc1ccc(Cl)cc1Br. The van der Waals surface area contributed by atoms with Crippen molar-refractivity contribution in [1.82, 2.24) is 4.90 Å². The second kappa shape index (κ2) is 6.42. The van der Waals surface area contributed by atoms with Gasteiger partial charge in [0.1, 0.15) is 12.4 Å². The first-order valence-electron chi connectivity index (χ1n) is 7.16. The molecule has 2 aliphatic rings. The highest BCUT2D eigenvalue weighted by atomic mass is 79.9. The van der Waals surface area contributed by atoms with E-state index >= 15 is 0 Å². The first-order chi connectivity index (χ1) is 10.6. The standard InChI is InChI=1S/C16H15BrClNO3/c17-13-9-10(18)5-6-14(13)22-8-7-19-15(20)11-3-1-2-4-12(11)16(19)21/h1-2,5-6,9,11-12H,3-4,7-8H2/t11-,12+. The predicted octanol–water partition coefficient (Wildman–Crippen LogP) is 3.43. The number of rotatable bonds is 4. The Morgan fingerprint density at radius 3 is 2.41 bits per heavy atom. The fourth-order valence-corrected chi connectivity index (χ4v) is 3.73. The van der Waals surface area contributed by atoms with E-state index in [9.17, 15) is 9.59 Å². The lowest BCUT2D eigenvalue weighted by atomic mass is 9.85. The van der Waals surface area contributed by atoms with E-state index < -0.39 is 0 Å². The number of fused-ring (bicyclic) bond motifs is 1. The van der Waals surface area contributed by atoms with E-state index in [2.05, 4.69) is 15.9 Å². The molecular formula is C16H15BrClNO3. The number of nitrogens with zero attached hydrogens (tertiary/aromatic N) is 1. The number of allylic oxidation sites excluding steroid dienone is 2. The average molecular weight is 385 g/mol. The van der Waals surface area contributed by atoms with Crippen molar-refractivity contribution in [3.8, 4) is 5.75 Å². The molecule has 1 fully saturated rings. The summed E-state index contributed by atoms with van der Waals surface area (Å²) in [5.41, 5.74) is 0. The smallest absolute Gasteiger partial charge is 0.233 e. The van der Waals surface area contributed by atoms with Gasteiger partial charge < -0.3 is 4.74 Å². The fraction of sp³-hybridized carbons (Fsp3) is 0.375. The third-order valence-electron chi connectivity index (χ3n) is 4.07. The normalized spacial score (nSPS) is 23.8. The molecule has 0 aromatic heterocycles. The first kappa shape index (κ1) is 15.6. The summed E-state index contributed by atoms with van der Waals surface area (Å²) in [7, 11) is 0. The third-order valence-corrected chi connectivity index (χ3v) is 4.92. The molecule has 0 unspecified atom stereocenters. The van der Waals surface area contributed by atoms with Gasteiger partial charge in [-0.15, -0.1) is 0 Å². The molecule has 1 heterocycles. The Bertz CT molecular complexity index is 620. The number of ether oxygens (including phenoxy) is 1. The van der Waals surface area contributed by atoms with Crippen LogP contribution < -0.4 is 4.74 Å². The molecule has 1 saturated heterocycles. The molecule has 1 aliphatic carbocycles. The molecule has 0 radical (unpaired) electrons. The largest absolute Gasteiger partial charge is 0.491 e. The molecule has 116 valence electrons. The Hall–Kier alpha value is -1.33. The monoisotopic (exact) mass is 383 g/mol. The van der Waals surface area contributed by atoms with Crippen molar-refractivity contribution in [3.63, 3.8) is 0 Å². The lowest BCUT2D eigenvalue weighted by Gasteiger charge is -2.15. The molecule has 6 heteroatoms. The van der Waals surface area contributed by atoms with Crippen molar-refractivity contribution in [2.24, 2.45) is 11.8 Å². The Morgan fingerprint density at radius 2 is 1.82 bits per heavy atom. The first-order valence-corrected chi connectivity index (χ1v) is 8.33. The van der Waals surface area contributed by atoms with Crippen LogP contribution in [0.1, 0.15) is 12.8 Å². The second-order valence-electron chi connectivity index (χ2n) is 5.41. The number of carbonyl (C=O) groups excluding carboxylic acids is 2. The molecule has 2 amide bonds. The number of hydrogen-bond acceptors (Lipinski definition) is 3. The summed E-state index contributed by atoms with van der Waals surface area (Å²) in [6, 6.07) is 5.22. The van der Waals surface area contributed by atoms with Crippen LogP contribution in [0.5, 0.6) is 5.75 Å². The summed E-state index contributed by atoms with van der Waals surface area (Å²) in [6.07, 6.45) is 5.29. The molecule has 0 saturated carbocycles. The van der Waals surface area contributed by atoms with E-state index in [1.54, 1.807) is 18.2 Å². The van der Waals surface area contributed by atoms with Crippen LogP contribution in [-0.4, -0.2) is 29.9 Å². The molecular weight excluding hydrogens is 370 g/mol. The van der Waals surface area contributed by atoms with Crippen LogP contribution in [0.25, 0.3) is 0 Å². The Balaban J connectivity index is 1.60. The minimum atomic E-state index is -0.181. The summed E-state index contributed by atoms with van der Waals surface area (Å²) >= 11 is 9.24. The molecule has 0 spiro atoms. The number of benzene rings is 1. The Labute approximate surface area is 142 Å². The topological polar surface area (TPSA) is 46.6 Å². The molecule has 1 aliphatic heterocycles. The predicted molar refractivity (Wildman–Crippen MR) is 86.7 cm³/mol. The van der Waals surface area contributed by atoms with Crippen molar-refractivity contribution < 1.29 is 14.3 Å². The lowest BCUT2D eigenvalue weighted by Crippen LogP contribution is -2.34. The lowest BCUT2D eigenvalue weighted by molar-refractivity contribution is -0.140. The van der Waals surface area contributed by atoms with Gasteiger partial charge in [0.05, 0.1) is 22.9 Å². The van der Waals surface area contributed by atoms with E-state index in [4.69, 9.17) is 16.3 Å². The highest BCUT2D eigenvalue weighted by molar-refractivity contribution is 9.10. The zero-order valence-electron chi connectivity index (χ0n) is 11.8. The minimum Gasteiger partial charge on any atom is -0.491 e. The molecule has 0 N–H and O–H groups in total. The van der Waals surface area contributed by atoms with Crippen LogP contribution in [0, 0.1) is 11.8 Å². The summed E-state index contributed by atoms with van der Waals surface area (Å²) in [4.78, 5) is 25.9. The van der Waals surface area contributed by atoms with Gasteiger partial charge in [0.2, 0.25) is 11.8 Å². The van der Waals surface area contributed by atoms with Crippen molar-refractivity contribution >= 4 is 39.3 Å². The maximum absolute atomic E-state index is 12.3. The number of carbonyl (C=O) groups is 2. The van der Waals surface area contributed by atoms with Crippen molar-refractivity contribution in [2.75, 3.05) is 13.2 Å². The van der Waals surface area contributed by atoms with E-state index in [1.807, 2.05) is 12.2 Å². The van der Waals surface area contributed by atoms with Gasteiger partial charge in [-0.05, 0) is 47.0 Å². The van der Waals surface area contributed by atoms with Crippen molar-refractivity contribution in [2.45, 2.75) is 12.8 Å². The van der Waals surface area contributed by atoms with Crippen LogP contribution in [0.4, 0.5) is 0 Å². The van der Waals surface area contributed by atoms with Gasteiger partial charge in [-0.2, -0.15) is 0 Å².